The third-order valence-corrected chi connectivity index (χ3v) is 10.8. The lowest BCUT2D eigenvalue weighted by Gasteiger charge is -2.38. The minimum atomic E-state index is -2.05. The minimum Gasteiger partial charge on any atom is -0.599 e. The molecule has 0 aromatic heterocycles. The quantitative estimate of drug-likeness (QED) is 0.414. The molecule has 162 valence electrons. The lowest BCUT2D eigenvalue weighted by atomic mass is 9.98. The molecule has 3 rings (SSSR count). The first-order valence-electron chi connectivity index (χ1n) is 10.4. The summed E-state index contributed by atoms with van der Waals surface area (Å²) in [5.41, 5.74) is 4.71. The molecule has 1 aliphatic carbocycles. The number of benzene rings is 2. The van der Waals surface area contributed by atoms with E-state index in [0.717, 1.165) is 0 Å². The Balaban J connectivity index is 1.64. The highest BCUT2D eigenvalue weighted by Gasteiger charge is 2.39. The molecule has 0 aliphatic heterocycles. The third-order valence-electron chi connectivity index (χ3n) is 6.23. The topological polar surface area (TPSA) is 74.1 Å². The molecule has 1 atom stereocenters. The van der Waals surface area contributed by atoms with Crippen molar-refractivity contribution in [2.75, 3.05) is 19.8 Å². The van der Waals surface area contributed by atoms with E-state index in [4.69, 9.17) is 9.16 Å². The predicted octanol–water partition coefficient (Wildman–Crippen LogP) is 3.91. The van der Waals surface area contributed by atoms with Gasteiger partial charge in [-0.1, -0.05) is 69.3 Å². The Morgan fingerprint density at radius 2 is 1.60 bits per heavy atom. The number of ether oxygens (including phenoxy) is 1. The van der Waals surface area contributed by atoms with E-state index in [0.29, 0.717) is 0 Å². The van der Waals surface area contributed by atoms with Crippen LogP contribution in [0.4, 0.5) is 0 Å². The number of aliphatic hydroxyl groups excluding tert-OH is 1. The van der Waals surface area contributed by atoms with Crippen LogP contribution in [-0.4, -0.2) is 45.4 Å². The first-order valence-corrected chi connectivity index (χ1v) is 13.4. The van der Waals surface area contributed by atoms with Crippen molar-refractivity contribution in [1.29, 1.82) is 0 Å². The fourth-order valence-corrected chi connectivity index (χ4v) is 4.88. The Labute approximate surface area is 180 Å². The van der Waals surface area contributed by atoms with E-state index in [1.165, 1.54) is 22.3 Å². The summed E-state index contributed by atoms with van der Waals surface area (Å²) in [6, 6.07) is 16.4. The molecule has 0 spiro atoms. The van der Waals surface area contributed by atoms with Crippen LogP contribution < -0.4 is 5.11 Å². The van der Waals surface area contributed by atoms with Gasteiger partial charge in [-0.3, -0.25) is 4.99 Å². The van der Waals surface area contributed by atoms with Gasteiger partial charge in [-0.05, 0) is 40.4 Å². The standard InChI is InChI=1S/C24H33NO4Si/c1-24(2,3)30(4,5)29-17(15-26)14-25-23(27)28-16-22-20-12-8-6-10-18(20)19-11-7-9-13-21(19)22/h6-13,17,22,26H,14-16H2,1-5H3,(H,25,27)/p-1. The van der Waals surface area contributed by atoms with Crippen LogP contribution in [0.3, 0.4) is 0 Å². The van der Waals surface area contributed by atoms with Crippen molar-refractivity contribution in [3.63, 3.8) is 0 Å². The van der Waals surface area contributed by atoms with Gasteiger partial charge in [0, 0.05) is 12.5 Å². The van der Waals surface area contributed by atoms with E-state index in [-0.39, 0.29) is 30.7 Å². The average Bonchev–Trinajstić information content (AvgIpc) is 3.02. The highest BCUT2D eigenvalue weighted by Crippen LogP contribution is 2.44. The molecule has 1 N–H and O–H groups in total. The second-order valence-electron chi connectivity index (χ2n) is 9.33. The number of aliphatic hydroxyl groups is 1. The summed E-state index contributed by atoms with van der Waals surface area (Å²) in [6.07, 6.45) is -1.11. The van der Waals surface area contributed by atoms with E-state index >= 15 is 0 Å². The first kappa shape index (κ1) is 22.5. The molecule has 0 saturated heterocycles. The van der Waals surface area contributed by atoms with Crippen LogP contribution in [0.1, 0.15) is 37.8 Å². The van der Waals surface area contributed by atoms with E-state index in [1.807, 2.05) is 24.3 Å². The lowest BCUT2D eigenvalue weighted by Crippen LogP contribution is -2.45. The molecule has 30 heavy (non-hydrogen) atoms. The monoisotopic (exact) mass is 426 g/mol. The molecule has 1 aliphatic rings. The molecule has 0 saturated carbocycles. The maximum absolute atomic E-state index is 12.3. The SMILES string of the molecule is CC(C)(C)[Si](C)(C)OC(CO)CN=C([O-])OCC1c2ccccc2-c2ccccc21. The van der Waals surface area contributed by atoms with E-state index in [9.17, 15) is 10.2 Å². The molecule has 2 aromatic rings. The summed E-state index contributed by atoms with van der Waals surface area (Å²) in [6.45, 7) is 10.8. The maximum Gasteiger partial charge on any atom is 0.192 e. The number of hydrogen-bond acceptors (Lipinski definition) is 5. The molecule has 0 bridgehead atoms. The fraction of sp³-hybridized carbons (Fsp3) is 0.458. The van der Waals surface area contributed by atoms with Gasteiger partial charge in [0.25, 0.3) is 0 Å². The third kappa shape index (κ3) is 4.77. The Kier molecular flexibility index (Phi) is 6.70. The van der Waals surface area contributed by atoms with Gasteiger partial charge in [0.05, 0.1) is 19.3 Å². The number of nitrogens with zero attached hydrogens (tertiary/aromatic N) is 1. The minimum absolute atomic E-state index is 0.00803. The van der Waals surface area contributed by atoms with Crippen molar-refractivity contribution in [2.24, 2.45) is 4.99 Å². The zero-order valence-corrected chi connectivity index (χ0v) is 19.5. The summed E-state index contributed by atoms with van der Waals surface area (Å²) in [7, 11) is -2.05. The summed E-state index contributed by atoms with van der Waals surface area (Å²) < 4.78 is 11.7. The number of rotatable bonds is 7. The van der Waals surface area contributed by atoms with Crippen molar-refractivity contribution >= 4 is 14.4 Å². The Bertz CT molecular complexity index is 859. The smallest absolute Gasteiger partial charge is 0.192 e. The van der Waals surface area contributed by atoms with Crippen LogP contribution in [0.25, 0.3) is 11.1 Å². The molecule has 0 fully saturated rings. The van der Waals surface area contributed by atoms with E-state index < -0.39 is 20.5 Å². The summed E-state index contributed by atoms with van der Waals surface area (Å²) in [5, 5.41) is 22.0. The summed E-state index contributed by atoms with van der Waals surface area (Å²) in [4.78, 5) is 4.01. The van der Waals surface area contributed by atoms with Crippen LogP contribution in [-0.2, 0) is 9.16 Å². The maximum atomic E-state index is 12.3. The van der Waals surface area contributed by atoms with Crippen LogP contribution in [0, 0.1) is 0 Å². The average molecular weight is 427 g/mol. The molecule has 2 aromatic carbocycles. The van der Waals surface area contributed by atoms with Crippen LogP contribution in [0.5, 0.6) is 0 Å². The molecular weight excluding hydrogens is 394 g/mol. The first-order chi connectivity index (χ1) is 14.1. The number of hydrogen-bond donors (Lipinski definition) is 1. The van der Waals surface area contributed by atoms with Gasteiger partial charge < -0.3 is 19.4 Å². The summed E-state index contributed by atoms with van der Waals surface area (Å²) in [5.74, 6) is 0.00803. The molecule has 1 unspecified atom stereocenters. The van der Waals surface area contributed by atoms with Gasteiger partial charge in [-0.2, -0.15) is 0 Å². The second-order valence-corrected chi connectivity index (χ2v) is 14.1. The second kappa shape index (κ2) is 8.92. The zero-order chi connectivity index (χ0) is 21.9. The van der Waals surface area contributed by atoms with Gasteiger partial charge in [0.1, 0.15) is 6.08 Å². The van der Waals surface area contributed by atoms with Gasteiger partial charge in [0.15, 0.2) is 8.32 Å². The highest BCUT2D eigenvalue weighted by atomic mass is 28.4. The van der Waals surface area contributed by atoms with Crippen LogP contribution in [0.15, 0.2) is 53.5 Å². The molecule has 6 heteroatoms. The van der Waals surface area contributed by atoms with Gasteiger partial charge in [0.2, 0.25) is 0 Å². The van der Waals surface area contributed by atoms with E-state index in [2.05, 4.69) is 63.1 Å². The van der Waals surface area contributed by atoms with Crippen molar-refractivity contribution < 1.29 is 19.4 Å². The van der Waals surface area contributed by atoms with Crippen molar-refractivity contribution in [1.82, 2.24) is 0 Å². The molecule has 0 heterocycles. The predicted molar refractivity (Wildman–Crippen MR) is 121 cm³/mol. The van der Waals surface area contributed by atoms with Gasteiger partial charge >= 0.3 is 0 Å². The Morgan fingerprint density at radius 1 is 1.07 bits per heavy atom. The Morgan fingerprint density at radius 3 is 2.10 bits per heavy atom. The molecule has 5 nitrogen and oxygen atoms in total. The van der Waals surface area contributed by atoms with Gasteiger partial charge in [-0.25, -0.2) is 0 Å². The molecular formula is C24H32NO4Si-. The number of aliphatic imine (C=N–C) groups is 1. The van der Waals surface area contributed by atoms with Crippen molar-refractivity contribution in [3.05, 3.63) is 59.7 Å². The van der Waals surface area contributed by atoms with Crippen LogP contribution >= 0.6 is 0 Å². The largest absolute Gasteiger partial charge is 0.599 e. The highest BCUT2D eigenvalue weighted by molar-refractivity contribution is 6.74. The lowest BCUT2D eigenvalue weighted by molar-refractivity contribution is -0.251. The number of fused-ring (bicyclic) bond motifs is 3. The Hall–Kier alpha value is -2.15. The van der Waals surface area contributed by atoms with Crippen LogP contribution in [0.2, 0.25) is 18.1 Å². The normalized spacial score (nSPS) is 15.6. The summed E-state index contributed by atoms with van der Waals surface area (Å²) >= 11 is 0. The van der Waals surface area contributed by atoms with E-state index in [1.54, 1.807) is 0 Å². The van der Waals surface area contributed by atoms with Crippen molar-refractivity contribution in [3.8, 4) is 11.1 Å². The molecule has 0 radical (unpaired) electrons. The zero-order valence-electron chi connectivity index (χ0n) is 18.5. The van der Waals surface area contributed by atoms with Crippen molar-refractivity contribution in [2.45, 2.75) is 50.9 Å². The van der Waals surface area contributed by atoms with Gasteiger partial charge in [-0.15, -0.1) is 0 Å². The molecule has 0 amide bonds. The fourth-order valence-electron chi connectivity index (χ4n) is 3.54.